The number of hydrazone groups is 1. The highest BCUT2D eigenvalue weighted by atomic mass is 35.5. The highest BCUT2D eigenvalue weighted by molar-refractivity contribution is 6.30. The second-order valence-electron chi connectivity index (χ2n) is 8.30. The van der Waals surface area contributed by atoms with Gasteiger partial charge in [-0.15, -0.1) is 0 Å². The summed E-state index contributed by atoms with van der Waals surface area (Å²) in [6, 6.07) is 14.3. The number of amides is 3. The smallest absolute Gasteiger partial charge is 0.318 e. The van der Waals surface area contributed by atoms with Crippen molar-refractivity contribution in [2.24, 2.45) is 5.10 Å². The van der Waals surface area contributed by atoms with Crippen LogP contribution in [0.4, 0.5) is 4.79 Å². The van der Waals surface area contributed by atoms with Crippen molar-refractivity contribution in [2.45, 2.75) is 32.4 Å². The number of benzene rings is 2. The molecule has 0 saturated heterocycles. The zero-order valence-electron chi connectivity index (χ0n) is 20.0. The topological polar surface area (TPSA) is 83.5 Å². The molecule has 0 bridgehead atoms. The van der Waals surface area contributed by atoms with Gasteiger partial charge in [0.2, 0.25) is 0 Å². The molecule has 1 aliphatic rings. The average molecular weight is 487 g/mol. The Morgan fingerprint density at radius 2 is 1.82 bits per heavy atom. The Kier molecular flexibility index (Phi) is 8.90. The maximum Gasteiger partial charge on any atom is 0.318 e. The van der Waals surface area contributed by atoms with Crippen LogP contribution in [0.3, 0.4) is 0 Å². The summed E-state index contributed by atoms with van der Waals surface area (Å²) in [5.41, 5.74) is 2.61. The minimum atomic E-state index is -0.318. The molecule has 0 fully saturated rings. The standard InChI is InChI=1S/C25H31ClN4O4/c1-17(2)27-25(32)29(13-14-33-3)16-24(31)30-23(19-5-9-20(26)10-6-19)15-22(28-30)18-7-11-21(34-4)12-8-18/h5-12,17,23H,13-16H2,1-4H3,(H,27,32)/t23-/m1/s1. The summed E-state index contributed by atoms with van der Waals surface area (Å²) in [5, 5.41) is 9.62. The minimum Gasteiger partial charge on any atom is -0.497 e. The third-order valence-corrected chi connectivity index (χ3v) is 5.69. The van der Waals surface area contributed by atoms with E-state index in [1.165, 1.54) is 9.91 Å². The number of methoxy groups -OCH3 is 2. The van der Waals surface area contributed by atoms with Crippen LogP contribution in [0, 0.1) is 0 Å². The van der Waals surface area contributed by atoms with E-state index < -0.39 is 0 Å². The van der Waals surface area contributed by atoms with Crippen molar-refractivity contribution in [1.29, 1.82) is 0 Å². The van der Waals surface area contributed by atoms with Crippen LogP contribution in [0.1, 0.15) is 37.4 Å². The quantitative estimate of drug-likeness (QED) is 0.578. The van der Waals surface area contributed by atoms with E-state index in [9.17, 15) is 9.59 Å². The summed E-state index contributed by atoms with van der Waals surface area (Å²) in [5.74, 6) is 0.466. The van der Waals surface area contributed by atoms with E-state index in [1.807, 2.05) is 50.2 Å². The largest absolute Gasteiger partial charge is 0.497 e. The first kappa shape index (κ1) is 25.5. The summed E-state index contributed by atoms with van der Waals surface area (Å²) in [7, 11) is 3.17. The van der Waals surface area contributed by atoms with Crippen molar-refractivity contribution < 1.29 is 19.1 Å². The number of nitrogens with zero attached hydrogens (tertiary/aromatic N) is 3. The number of carbonyl (C=O) groups excluding carboxylic acids is 2. The predicted octanol–water partition coefficient (Wildman–Crippen LogP) is 4.09. The first-order valence-electron chi connectivity index (χ1n) is 11.2. The van der Waals surface area contributed by atoms with E-state index in [0.29, 0.717) is 18.1 Å². The van der Waals surface area contributed by atoms with Gasteiger partial charge in [-0.05, 0) is 61.4 Å². The molecule has 0 unspecified atom stereocenters. The van der Waals surface area contributed by atoms with Gasteiger partial charge in [-0.3, -0.25) is 4.79 Å². The number of hydrogen-bond donors (Lipinski definition) is 1. The van der Waals surface area contributed by atoms with Gasteiger partial charge in [0, 0.05) is 31.1 Å². The van der Waals surface area contributed by atoms with Crippen LogP contribution in [0.5, 0.6) is 5.75 Å². The van der Waals surface area contributed by atoms with Crippen LogP contribution in [0.25, 0.3) is 0 Å². The van der Waals surface area contributed by atoms with E-state index in [4.69, 9.17) is 21.1 Å². The van der Waals surface area contributed by atoms with Crippen LogP contribution < -0.4 is 10.1 Å². The maximum atomic E-state index is 13.4. The van der Waals surface area contributed by atoms with Gasteiger partial charge in [-0.2, -0.15) is 5.10 Å². The second-order valence-corrected chi connectivity index (χ2v) is 8.74. The fraction of sp³-hybridized carbons (Fsp3) is 0.400. The molecule has 2 aromatic rings. The summed E-state index contributed by atoms with van der Waals surface area (Å²) >= 11 is 6.08. The van der Waals surface area contributed by atoms with Crippen molar-refractivity contribution >= 4 is 29.3 Å². The van der Waals surface area contributed by atoms with E-state index in [0.717, 1.165) is 22.6 Å². The summed E-state index contributed by atoms with van der Waals surface area (Å²) in [4.78, 5) is 27.6. The SMILES string of the molecule is COCCN(CC(=O)N1N=C(c2ccc(OC)cc2)C[C@@H]1c1ccc(Cl)cc1)C(=O)NC(C)C. The van der Waals surface area contributed by atoms with Gasteiger partial charge in [0.05, 0.1) is 25.5 Å². The molecule has 1 N–H and O–H groups in total. The van der Waals surface area contributed by atoms with E-state index >= 15 is 0 Å². The molecule has 0 radical (unpaired) electrons. The number of nitrogens with one attached hydrogen (secondary N) is 1. The Labute approximate surface area is 205 Å². The summed E-state index contributed by atoms with van der Waals surface area (Å²) in [6.07, 6.45) is 0.538. The van der Waals surface area contributed by atoms with E-state index in [1.54, 1.807) is 26.4 Å². The number of hydrogen-bond acceptors (Lipinski definition) is 5. The third kappa shape index (κ3) is 6.48. The molecule has 0 spiro atoms. The lowest BCUT2D eigenvalue weighted by Crippen LogP contribution is -2.48. The molecule has 0 aliphatic carbocycles. The van der Waals surface area contributed by atoms with Crippen molar-refractivity contribution in [3.63, 3.8) is 0 Å². The van der Waals surface area contributed by atoms with Crippen LogP contribution in [-0.2, 0) is 9.53 Å². The van der Waals surface area contributed by atoms with Crippen LogP contribution >= 0.6 is 11.6 Å². The molecule has 1 atom stereocenters. The van der Waals surface area contributed by atoms with Gasteiger partial charge in [0.25, 0.3) is 5.91 Å². The van der Waals surface area contributed by atoms with E-state index in [2.05, 4.69) is 10.4 Å². The lowest BCUT2D eigenvalue weighted by atomic mass is 9.98. The summed E-state index contributed by atoms with van der Waals surface area (Å²) < 4.78 is 10.4. The molecular weight excluding hydrogens is 456 g/mol. The molecule has 3 amide bonds. The van der Waals surface area contributed by atoms with Crippen molar-refractivity contribution in [2.75, 3.05) is 33.9 Å². The van der Waals surface area contributed by atoms with Gasteiger partial charge in [-0.1, -0.05) is 23.7 Å². The fourth-order valence-electron chi connectivity index (χ4n) is 3.67. The minimum absolute atomic E-state index is 0.0547. The molecule has 9 heteroatoms. The van der Waals surface area contributed by atoms with Crippen LogP contribution in [0.2, 0.25) is 5.02 Å². The molecule has 3 rings (SSSR count). The monoisotopic (exact) mass is 486 g/mol. The van der Waals surface area contributed by atoms with Crippen LogP contribution in [-0.4, -0.2) is 67.5 Å². The average Bonchev–Trinajstić information content (AvgIpc) is 3.27. The molecule has 0 aromatic heterocycles. The first-order chi connectivity index (χ1) is 16.3. The normalized spacial score (nSPS) is 15.3. The summed E-state index contributed by atoms with van der Waals surface area (Å²) in [6.45, 7) is 4.23. The first-order valence-corrected chi connectivity index (χ1v) is 11.5. The highest BCUT2D eigenvalue weighted by Crippen LogP contribution is 2.33. The molecule has 8 nitrogen and oxygen atoms in total. The molecular formula is C25H31ClN4O4. The Balaban J connectivity index is 1.88. The Morgan fingerprint density at radius 1 is 1.15 bits per heavy atom. The number of halogens is 1. The zero-order chi connectivity index (χ0) is 24.7. The van der Waals surface area contributed by atoms with Gasteiger partial charge in [0.15, 0.2) is 0 Å². The Hall–Kier alpha value is -3.10. The van der Waals surface area contributed by atoms with Gasteiger partial charge in [-0.25, -0.2) is 9.80 Å². The molecule has 182 valence electrons. The Bertz CT molecular complexity index is 1010. The predicted molar refractivity (Wildman–Crippen MR) is 132 cm³/mol. The molecule has 34 heavy (non-hydrogen) atoms. The fourth-order valence-corrected chi connectivity index (χ4v) is 3.80. The van der Waals surface area contributed by atoms with Crippen molar-refractivity contribution in [1.82, 2.24) is 15.2 Å². The van der Waals surface area contributed by atoms with Gasteiger partial charge < -0.3 is 19.7 Å². The molecule has 0 saturated carbocycles. The number of ether oxygens (including phenoxy) is 2. The number of urea groups is 1. The molecule has 2 aromatic carbocycles. The Morgan fingerprint density at radius 3 is 2.41 bits per heavy atom. The number of carbonyl (C=O) groups is 2. The zero-order valence-corrected chi connectivity index (χ0v) is 20.7. The lowest BCUT2D eigenvalue weighted by molar-refractivity contribution is -0.133. The van der Waals surface area contributed by atoms with E-state index in [-0.39, 0.29) is 37.1 Å². The highest BCUT2D eigenvalue weighted by Gasteiger charge is 2.34. The lowest BCUT2D eigenvalue weighted by Gasteiger charge is -2.27. The maximum absolute atomic E-state index is 13.4. The van der Waals surface area contributed by atoms with Gasteiger partial charge in [0.1, 0.15) is 12.3 Å². The molecule has 1 heterocycles. The van der Waals surface area contributed by atoms with Crippen LogP contribution in [0.15, 0.2) is 53.6 Å². The van der Waals surface area contributed by atoms with Crippen molar-refractivity contribution in [3.05, 3.63) is 64.7 Å². The second kappa shape index (κ2) is 11.9. The third-order valence-electron chi connectivity index (χ3n) is 5.43. The molecule has 1 aliphatic heterocycles. The number of rotatable bonds is 9. The van der Waals surface area contributed by atoms with Gasteiger partial charge >= 0.3 is 6.03 Å². The van der Waals surface area contributed by atoms with Crippen molar-refractivity contribution in [3.8, 4) is 5.75 Å².